The molecule has 1 aliphatic heterocycles. The number of guanidine groups is 1. The van der Waals surface area contributed by atoms with Gasteiger partial charge in [-0.1, -0.05) is 31.2 Å². The lowest BCUT2D eigenvalue weighted by atomic mass is 10.1. The molecule has 1 saturated heterocycles. The highest BCUT2D eigenvalue weighted by molar-refractivity contribution is 14.0. The van der Waals surface area contributed by atoms with Gasteiger partial charge in [0.25, 0.3) is 5.56 Å². The van der Waals surface area contributed by atoms with E-state index in [4.69, 9.17) is 4.99 Å². The van der Waals surface area contributed by atoms with Crippen LogP contribution >= 0.6 is 24.0 Å². The summed E-state index contributed by atoms with van der Waals surface area (Å²) < 4.78 is 1.57. The maximum atomic E-state index is 12.3. The highest BCUT2D eigenvalue weighted by atomic mass is 127. The molecule has 2 heterocycles. The summed E-state index contributed by atoms with van der Waals surface area (Å²) in [4.78, 5) is 25.8. The Bertz CT molecular complexity index is 873. The summed E-state index contributed by atoms with van der Waals surface area (Å²) in [5, 5.41) is 3.41. The van der Waals surface area contributed by atoms with Crippen LogP contribution in [0.2, 0.25) is 0 Å². The van der Waals surface area contributed by atoms with E-state index in [-0.39, 0.29) is 29.5 Å². The summed E-state index contributed by atoms with van der Waals surface area (Å²) >= 11 is 0. The summed E-state index contributed by atoms with van der Waals surface area (Å²) in [5.41, 5.74) is 2.57. The Kier molecular flexibility index (Phi) is 8.94. The number of aliphatic imine (C=N–C) groups is 1. The van der Waals surface area contributed by atoms with E-state index in [9.17, 15) is 4.79 Å². The predicted molar refractivity (Wildman–Crippen MR) is 129 cm³/mol. The molecule has 0 atom stereocenters. The van der Waals surface area contributed by atoms with E-state index >= 15 is 0 Å². The van der Waals surface area contributed by atoms with Crippen LogP contribution in [0.4, 0.5) is 5.82 Å². The first-order valence-electron chi connectivity index (χ1n) is 10.0. The molecule has 158 valence electrons. The van der Waals surface area contributed by atoms with E-state index in [0.29, 0.717) is 12.4 Å². The average molecular weight is 510 g/mol. The Hall–Kier alpha value is -2.10. The molecule has 1 fully saturated rings. The second-order valence-electron chi connectivity index (χ2n) is 6.93. The number of piperazine rings is 1. The fraction of sp³-hybridized carbons (Fsp3) is 0.476. The summed E-state index contributed by atoms with van der Waals surface area (Å²) in [7, 11) is 1.76. The number of nitrogens with one attached hydrogen (secondary N) is 1. The molecule has 0 unspecified atom stereocenters. The van der Waals surface area contributed by atoms with Crippen LogP contribution in [0.15, 0.2) is 46.4 Å². The average Bonchev–Trinajstić information content (AvgIpc) is 2.73. The van der Waals surface area contributed by atoms with Crippen molar-refractivity contribution in [3.63, 3.8) is 0 Å². The lowest BCUT2D eigenvalue weighted by Gasteiger charge is -2.36. The van der Waals surface area contributed by atoms with Gasteiger partial charge in [-0.15, -0.1) is 24.0 Å². The third-order valence-corrected chi connectivity index (χ3v) is 5.11. The molecule has 0 bridgehead atoms. The molecule has 0 spiro atoms. The van der Waals surface area contributed by atoms with Gasteiger partial charge in [0, 0.05) is 52.2 Å². The molecular weight excluding hydrogens is 479 g/mol. The lowest BCUT2D eigenvalue weighted by Crippen LogP contribution is -2.53. The van der Waals surface area contributed by atoms with E-state index in [1.54, 1.807) is 24.0 Å². The largest absolute Gasteiger partial charge is 0.357 e. The molecule has 1 aromatic heterocycles. The number of anilines is 1. The molecule has 0 saturated carbocycles. The van der Waals surface area contributed by atoms with E-state index < -0.39 is 0 Å². The zero-order valence-electron chi connectivity index (χ0n) is 17.5. The fourth-order valence-corrected chi connectivity index (χ4v) is 3.47. The number of halogens is 1. The molecule has 0 radical (unpaired) electrons. The van der Waals surface area contributed by atoms with Gasteiger partial charge < -0.3 is 19.7 Å². The van der Waals surface area contributed by atoms with Crippen LogP contribution in [0, 0.1) is 0 Å². The van der Waals surface area contributed by atoms with Crippen molar-refractivity contribution in [1.29, 1.82) is 0 Å². The molecule has 1 aromatic carbocycles. The molecule has 1 N–H and O–H groups in total. The highest BCUT2D eigenvalue weighted by Gasteiger charge is 2.22. The van der Waals surface area contributed by atoms with Crippen LogP contribution in [0.5, 0.6) is 0 Å². The maximum Gasteiger partial charge on any atom is 0.293 e. The lowest BCUT2D eigenvalue weighted by molar-refractivity contribution is 0.370. The van der Waals surface area contributed by atoms with Gasteiger partial charge >= 0.3 is 0 Å². The van der Waals surface area contributed by atoms with Crippen molar-refractivity contribution in [3.05, 3.63) is 58.1 Å². The van der Waals surface area contributed by atoms with Crippen LogP contribution in [0.1, 0.15) is 25.0 Å². The number of nitrogens with zero attached hydrogens (tertiary/aromatic N) is 5. The zero-order valence-corrected chi connectivity index (χ0v) is 19.8. The molecule has 29 heavy (non-hydrogen) atoms. The Labute approximate surface area is 189 Å². The Morgan fingerprint density at radius 3 is 2.48 bits per heavy atom. The van der Waals surface area contributed by atoms with E-state index in [0.717, 1.165) is 45.1 Å². The van der Waals surface area contributed by atoms with Crippen molar-refractivity contribution >= 4 is 35.8 Å². The topological polar surface area (TPSA) is 65.8 Å². The molecular formula is C21H31IN6O. The van der Waals surface area contributed by atoms with E-state index in [2.05, 4.69) is 58.2 Å². The van der Waals surface area contributed by atoms with Crippen molar-refractivity contribution in [2.24, 2.45) is 12.0 Å². The summed E-state index contributed by atoms with van der Waals surface area (Å²) in [6.07, 6.45) is 4.38. The van der Waals surface area contributed by atoms with Gasteiger partial charge in [-0.05, 0) is 24.5 Å². The summed E-state index contributed by atoms with van der Waals surface area (Å²) in [6.45, 7) is 8.88. The van der Waals surface area contributed by atoms with Crippen LogP contribution in [-0.4, -0.2) is 53.1 Å². The zero-order chi connectivity index (χ0) is 19.9. The van der Waals surface area contributed by atoms with Crippen LogP contribution in [0.25, 0.3) is 0 Å². The third kappa shape index (κ3) is 5.71. The molecule has 8 heteroatoms. The second-order valence-corrected chi connectivity index (χ2v) is 6.93. The third-order valence-electron chi connectivity index (χ3n) is 5.11. The number of aromatic nitrogens is 2. The normalized spacial score (nSPS) is 14.5. The number of hydrogen-bond donors (Lipinski definition) is 1. The van der Waals surface area contributed by atoms with Gasteiger partial charge in [-0.3, -0.25) is 4.79 Å². The first-order valence-corrected chi connectivity index (χ1v) is 10.0. The number of benzene rings is 1. The highest BCUT2D eigenvalue weighted by Crippen LogP contribution is 2.12. The minimum atomic E-state index is -0.0484. The monoisotopic (exact) mass is 510 g/mol. The molecule has 1 aliphatic rings. The van der Waals surface area contributed by atoms with Crippen molar-refractivity contribution < 1.29 is 0 Å². The maximum absolute atomic E-state index is 12.3. The van der Waals surface area contributed by atoms with Crippen LogP contribution < -0.4 is 15.8 Å². The van der Waals surface area contributed by atoms with E-state index in [1.165, 1.54) is 11.1 Å². The number of aryl methyl sites for hydroxylation is 2. The number of rotatable bonds is 5. The van der Waals surface area contributed by atoms with Gasteiger partial charge in [0.15, 0.2) is 11.8 Å². The molecule has 7 nitrogen and oxygen atoms in total. The van der Waals surface area contributed by atoms with Gasteiger partial charge in [-0.25, -0.2) is 9.98 Å². The first kappa shape index (κ1) is 23.2. The quantitative estimate of drug-likeness (QED) is 0.380. The Morgan fingerprint density at radius 1 is 1.14 bits per heavy atom. The van der Waals surface area contributed by atoms with Gasteiger partial charge in [0.05, 0.1) is 6.54 Å². The van der Waals surface area contributed by atoms with Gasteiger partial charge in [0.2, 0.25) is 0 Å². The minimum absolute atomic E-state index is 0. The van der Waals surface area contributed by atoms with Crippen molar-refractivity contribution in [1.82, 2.24) is 19.8 Å². The molecule has 2 aromatic rings. The number of hydrogen-bond acceptors (Lipinski definition) is 4. The fourth-order valence-electron chi connectivity index (χ4n) is 3.47. The van der Waals surface area contributed by atoms with E-state index in [1.807, 2.05) is 0 Å². The van der Waals surface area contributed by atoms with Crippen LogP contribution in [-0.2, 0) is 20.0 Å². The van der Waals surface area contributed by atoms with Crippen molar-refractivity contribution in [2.75, 3.05) is 37.6 Å². The Morgan fingerprint density at radius 2 is 1.83 bits per heavy atom. The minimum Gasteiger partial charge on any atom is -0.357 e. The predicted octanol–water partition coefficient (Wildman–Crippen LogP) is 2.25. The standard InChI is InChI=1S/C21H30N6O.HI/c1-4-17-8-6-7-9-18(17)16-24-21(22-5-2)27-14-12-26(13-15-27)19-20(28)25(3)11-10-23-19;/h6-11H,4-5,12-16H2,1-3H3,(H,22,24);1H. The molecule has 3 rings (SSSR count). The van der Waals surface area contributed by atoms with Crippen LogP contribution in [0.3, 0.4) is 0 Å². The smallest absolute Gasteiger partial charge is 0.293 e. The SMILES string of the molecule is CCNC(=NCc1ccccc1CC)N1CCN(c2nccn(C)c2=O)CC1.I. The van der Waals surface area contributed by atoms with Gasteiger partial charge in [0.1, 0.15) is 0 Å². The summed E-state index contributed by atoms with van der Waals surface area (Å²) in [6, 6.07) is 8.48. The Balaban J connectivity index is 0.00000300. The molecule has 0 amide bonds. The summed E-state index contributed by atoms with van der Waals surface area (Å²) in [5.74, 6) is 1.46. The first-order chi connectivity index (χ1) is 13.6. The van der Waals surface area contributed by atoms with Crippen molar-refractivity contribution in [3.8, 4) is 0 Å². The molecule has 0 aliphatic carbocycles. The van der Waals surface area contributed by atoms with Gasteiger partial charge in [-0.2, -0.15) is 0 Å². The van der Waals surface area contributed by atoms with Crippen molar-refractivity contribution in [2.45, 2.75) is 26.8 Å². The second kappa shape index (κ2) is 11.2.